The molecule has 0 aliphatic carbocycles. The molecule has 0 saturated heterocycles. The number of alkyl halides is 1. The van der Waals surface area contributed by atoms with Crippen molar-refractivity contribution in [3.8, 4) is 10.6 Å². The molecule has 0 aliphatic rings. The van der Waals surface area contributed by atoms with Gasteiger partial charge in [0.2, 0.25) is 0 Å². The van der Waals surface area contributed by atoms with Gasteiger partial charge in [0, 0.05) is 29.4 Å². The number of aryl methyl sites for hydroxylation is 1. The highest BCUT2D eigenvalue weighted by Crippen LogP contribution is 2.44. The Kier molecular flexibility index (Phi) is 9.56. The van der Waals surface area contributed by atoms with E-state index in [1.165, 1.54) is 30.4 Å². The Morgan fingerprint density at radius 3 is 2.46 bits per heavy atom. The van der Waals surface area contributed by atoms with Crippen LogP contribution < -0.4 is 5.73 Å². The number of aromatic nitrogens is 1. The number of hydrogen-bond donors (Lipinski definition) is 2. The predicted octanol–water partition coefficient (Wildman–Crippen LogP) is 5.83. The highest BCUT2D eigenvalue weighted by Gasteiger charge is 2.39. The number of nitrogens with two attached hydrogens (primary N) is 1. The largest absolute Gasteiger partial charge is 0.384 e. The van der Waals surface area contributed by atoms with Crippen LogP contribution in [0.1, 0.15) is 61.9 Å². The van der Waals surface area contributed by atoms with E-state index >= 15 is 0 Å². The van der Waals surface area contributed by atoms with Gasteiger partial charge in [0.1, 0.15) is 23.6 Å². The summed E-state index contributed by atoms with van der Waals surface area (Å²) in [5.41, 5.74) is 8.75. The molecule has 1 heterocycles. The number of carbonyl (C=O) groups excluding carboxylic acids is 1. The molecule has 5 nitrogen and oxygen atoms in total. The molecule has 37 heavy (non-hydrogen) atoms. The zero-order valence-electron chi connectivity index (χ0n) is 22.2. The SMILES string of the molecule is Cc1ccc(F)cc1-c1nc([C@H](N(CC[C@H](N)CF)C(=O)[C@H](C)O)C(C)(C)C)c(Cc2ccccc2)s1. The van der Waals surface area contributed by atoms with Gasteiger partial charge in [-0.3, -0.25) is 4.79 Å². The third kappa shape index (κ3) is 7.21. The number of thiazole rings is 1. The van der Waals surface area contributed by atoms with Crippen LogP contribution in [0.2, 0.25) is 0 Å². The smallest absolute Gasteiger partial charge is 0.251 e. The molecule has 3 aromatic rings. The van der Waals surface area contributed by atoms with Gasteiger partial charge in [-0.15, -0.1) is 11.3 Å². The van der Waals surface area contributed by atoms with Gasteiger partial charge in [-0.25, -0.2) is 13.8 Å². The number of rotatable bonds is 10. The second-order valence-electron chi connectivity index (χ2n) is 10.6. The van der Waals surface area contributed by atoms with Crippen LogP contribution in [-0.2, 0) is 11.2 Å². The molecule has 3 rings (SSSR count). The summed E-state index contributed by atoms with van der Waals surface area (Å²) in [6.45, 7) is 8.84. The lowest BCUT2D eigenvalue weighted by Gasteiger charge is -2.41. The van der Waals surface area contributed by atoms with Gasteiger partial charge >= 0.3 is 0 Å². The van der Waals surface area contributed by atoms with E-state index in [-0.39, 0.29) is 18.8 Å². The summed E-state index contributed by atoms with van der Waals surface area (Å²) >= 11 is 1.48. The number of aliphatic hydroxyl groups is 1. The Labute approximate surface area is 222 Å². The van der Waals surface area contributed by atoms with Crippen LogP contribution >= 0.6 is 11.3 Å². The molecule has 3 N–H and O–H groups in total. The standard InChI is InChI=1S/C29H37F2N3O2S/c1-18-11-12-21(31)16-23(18)27-33-25(24(37-27)15-20-9-7-6-8-10-20)26(29(3,4)5)34(28(36)19(2)35)14-13-22(32)17-30/h6-12,16,19,22,26,35H,13-15,17,32H2,1-5H3/t19-,22-,26-/m0/s1. The van der Waals surface area contributed by atoms with Crippen LogP contribution in [0, 0.1) is 18.2 Å². The van der Waals surface area contributed by atoms with Gasteiger partial charge in [-0.05, 0) is 48.9 Å². The molecule has 0 spiro atoms. The van der Waals surface area contributed by atoms with Crippen LogP contribution in [0.15, 0.2) is 48.5 Å². The van der Waals surface area contributed by atoms with Gasteiger partial charge in [-0.2, -0.15) is 0 Å². The quantitative estimate of drug-likeness (QED) is 0.346. The summed E-state index contributed by atoms with van der Waals surface area (Å²) in [5, 5.41) is 10.9. The van der Waals surface area contributed by atoms with Crippen molar-refractivity contribution in [2.45, 2.75) is 65.6 Å². The second-order valence-corrected chi connectivity index (χ2v) is 11.7. The molecule has 0 radical (unpaired) electrons. The van der Waals surface area contributed by atoms with E-state index in [1.807, 2.05) is 58.0 Å². The molecule has 0 bridgehead atoms. The van der Waals surface area contributed by atoms with Crippen molar-refractivity contribution < 1.29 is 18.7 Å². The van der Waals surface area contributed by atoms with Crippen molar-refractivity contribution in [3.63, 3.8) is 0 Å². The molecule has 200 valence electrons. The summed E-state index contributed by atoms with van der Waals surface area (Å²) in [7, 11) is 0. The first-order valence-corrected chi connectivity index (χ1v) is 13.3. The second kappa shape index (κ2) is 12.2. The van der Waals surface area contributed by atoms with Crippen LogP contribution in [0.5, 0.6) is 0 Å². The Hall–Kier alpha value is -2.68. The van der Waals surface area contributed by atoms with Crippen molar-refractivity contribution in [3.05, 3.63) is 76.0 Å². The van der Waals surface area contributed by atoms with E-state index in [0.717, 1.165) is 16.0 Å². The Morgan fingerprint density at radius 1 is 1.19 bits per heavy atom. The van der Waals surface area contributed by atoms with Gasteiger partial charge in [-0.1, -0.05) is 57.2 Å². The highest BCUT2D eigenvalue weighted by atomic mass is 32.1. The van der Waals surface area contributed by atoms with Crippen LogP contribution in [0.3, 0.4) is 0 Å². The summed E-state index contributed by atoms with van der Waals surface area (Å²) in [5.74, 6) is -0.811. The molecule has 0 unspecified atom stereocenters. The molecule has 0 saturated carbocycles. The molecule has 1 aromatic heterocycles. The summed E-state index contributed by atoms with van der Waals surface area (Å²) in [6.07, 6.45) is -0.419. The van der Waals surface area contributed by atoms with E-state index in [9.17, 15) is 18.7 Å². The monoisotopic (exact) mass is 529 g/mol. The van der Waals surface area contributed by atoms with Crippen molar-refractivity contribution in [2.75, 3.05) is 13.2 Å². The maximum atomic E-state index is 14.2. The zero-order chi connectivity index (χ0) is 27.3. The zero-order valence-corrected chi connectivity index (χ0v) is 23.0. The Bertz CT molecular complexity index is 1190. The van der Waals surface area contributed by atoms with E-state index in [4.69, 9.17) is 10.7 Å². The van der Waals surface area contributed by atoms with E-state index in [0.29, 0.717) is 22.7 Å². The molecule has 2 aromatic carbocycles. The summed E-state index contributed by atoms with van der Waals surface area (Å²) in [4.78, 5) is 20.9. The summed E-state index contributed by atoms with van der Waals surface area (Å²) < 4.78 is 27.4. The fourth-order valence-electron chi connectivity index (χ4n) is 4.44. The van der Waals surface area contributed by atoms with Crippen molar-refractivity contribution in [1.82, 2.24) is 9.88 Å². The number of nitrogens with zero attached hydrogens (tertiary/aromatic N) is 2. The van der Waals surface area contributed by atoms with E-state index in [1.54, 1.807) is 11.0 Å². The van der Waals surface area contributed by atoms with Crippen LogP contribution in [-0.4, -0.2) is 46.3 Å². The third-order valence-corrected chi connectivity index (χ3v) is 7.44. The van der Waals surface area contributed by atoms with Crippen molar-refractivity contribution >= 4 is 17.2 Å². The maximum absolute atomic E-state index is 14.2. The third-order valence-electron chi connectivity index (χ3n) is 6.34. The van der Waals surface area contributed by atoms with Gasteiger partial charge < -0.3 is 15.7 Å². The fourth-order valence-corrected chi connectivity index (χ4v) is 5.65. The molecule has 0 fully saturated rings. The number of amides is 1. The minimum absolute atomic E-state index is 0.174. The van der Waals surface area contributed by atoms with Gasteiger partial charge in [0.05, 0.1) is 11.7 Å². The first-order valence-electron chi connectivity index (χ1n) is 12.5. The van der Waals surface area contributed by atoms with Crippen molar-refractivity contribution in [1.29, 1.82) is 0 Å². The number of aliphatic hydroxyl groups excluding tert-OH is 1. The average molecular weight is 530 g/mol. The average Bonchev–Trinajstić information content (AvgIpc) is 3.24. The Balaban J connectivity index is 2.21. The van der Waals surface area contributed by atoms with Gasteiger partial charge in [0.25, 0.3) is 5.91 Å². The molecule has 3 atom stereocenters. The summed E-state index contributed by atoms with van der Waals surface area (Å²) in [6, 6.07) is 13.3. The van der Waals surface area contributed by atoms with E-state index in [2.05, 4.69) is 0 Å². The number of halogens is 2. The van der Waals surface area contributed by atoms with E-state index < -0.39 is 36.2 Å². The van der Waals surface area contributed by atoms with Crippen LogP contribution in [0.4, 0.5) is 8.78 Å². The normalized spacial score (nSPS) is 14.3. The minimum atomic E-state index is -1.24. The minimum Gasteiger partial charge on any atom is -0.384 e. The lowest BCUT2D eigenvalue weighted by Crippen LogP contribution is -2.47. The number of benzene rings is 2. The highest BCUT2D eigenvalue weighted by molar-refractivity contribution is 7.15. The van der Waals surface area contributed by atoms with Crippen molar-refractivity contribution in [2.24, 2.45) is 11.1 Å². The first kappa shape index (κ1) is 28.9. The molecule has 8 heteroatoms. The van der Waals surface area contributed by atoms with Gasteiger partial charge in [0.15, 0.2) is 0 Å². The number of carbonyl (C=O) groups is 1. The van der Waals surface area contributed by atoms with Crippen LogP contribution in [0.25, 0.3) is 10.6 Å². The molecular weight excluding hydrogens is 492 g/mol. The predicted molar refractivity (Wildman–Crippen MR) is 146 cm³/mol. The maximum Gasteiger partial charge on any atom is 0.251 e. The molecular formula is C29H37F2N3O2S. The number of hydrogen-bond acceptors (Lipinski definition) is 5. The fraction of sp³-hybridized carbons (Fsp3) is 0.448. The molecule has 1 amide bonds. The first-order chi connectivity index (χ1) is 17.4. The lowest BCUT2D eigenvalue weighted by atomic mass is 9.82. The lowest BCUT2D eigenvalue weighted by molar-refractivity contribution is -0.144. The Morgan fingerprint density at radius 2 is 1.86 bits per heavy atom. The molecule has 0 aliphatic heterocycles. The topological polar surface area (TPSA) is 79.5 Å².